The van der Waals surface area contributed by atoms with Crippen LogP contribution in [0.15, 0.2) is 42.6 Å². The largest absolute Gasteiger partial charge is 0.416 e. The van der Waals surface area contributed by atoms with E-state index in [1.54, 1.807) is 12.3 Å². The van der Waals surface area contributed by atoms with Gasteiger partial charge in [0.1, 0.15) is 0 Å². The number of nitrogens with zero attached hydrogens (tertiary/aromatic N) is 1. The molecule has 1 aliphatic rings. The first-order valence-corrected chi connectivity index (χ1v) is 6.87. The predicted molar refractivity (Wildman–Crippen MR) is 73.6 cm³/mol. The Morgan fingerprint density at radius 1 is 1.19 bits per heavy atom. The number of halogens is 3. The van der Waals surface area contributed by atoms with E-state index >= 15 is 0 Å². The second-order valence-electron chi connectivity index (χ2n) is 5.22. The van der Waals surface area contributed by atoms with Crippen LogP contribution in [0.4, 0.5) is 13.2 Å². The normalized spacial score (nSPS) is 17.8. The third-order valence-electron chi connectivity index (χ3n) is 3.77. The van der Waals surface area contributed by atoms with Gasteiger partial charge in [0.2, 0.25) is 0 Å². The van der Waals surface area contributed by atoms with Crippen molar-refractivity contribution >= 4 is 0 Å². The van der Waals surface area contributed by atoms with Crippen LogP contribution in [0.5, 0.6) is 0 Å². The monoisotopic (exact) mass is 292 g/mol. The number of alkyl halides is 3. The van der Waals surface area contributed by atoms with Gasteiger partial charge in [0, 0.05) is 12.7 Å². The summed E-state index contributed by atoms with van der Waals surface area (Å²) >= 11 is 0. The maximum atomic E-state index is 12.7. The highest BCUT2D eigenvalue weighted by atomic mass is 19.4. The number of rotatable bonds is 3. The van der Waals surface area contributed by atoms with Crippen molar-refractivity contribution in [3.63, 3.8) is 0 Å². The summed E-state index contributed by atoms with van der Waals surface area (Å²) in [4.78, 5) is 4.37. The third-order valence-corrected chi connectivity index (χ3v) is 3.77. The van der Waals surface area contributed by atoms with Gasteiger partial charge < -0.3 is 5.32 Å². The molecule has 1 heterocycles. The van der Waals surface area contributed by atoms with Crippen molar-refractivity contribution in [1.29, 1.82) is 0 Å². The average Bonchev–Trinajstić information content (AvgIpc) is 2.88. The summed E-state index contributed by atoms with van der Waals surface area (Å²) in [5, 5.41) is 3.30. The molecule has 21 heavy (non-hydrogen) atoms. The quantitative estimate of drug-likeness (QED) is 0.928. The number of aromatic nitrogens is 1. The lowest BCUT2D eigenvalue weighted by Crippen LogP contribution is -2.19. The molecular formula is C16H15F3N2. The lowest BCUT2D eigenvalue weighted by molar-refractivity contribution is -0.137. The Hall–Kier alpha value is -1.88. The summed E-state index contributed by atoms with van der Waals surface area (Å²) in [5.41, 5.74) is 2.27. The van der Waals surface area contributed by atoms with Crippen LogP contribution in [0.3, 0.4) is 0 Å². The highest BCUT2D eigenvalue weighted by Gasteiger charge is 2.30. The van der Waals surface area contributed by atoms with Crippen molar-refractivity contribution in [3.8, 4) is 0 Å². The molecule has 1 unspecified atom stereocenters. The van der Waals surface area contributed by atoms with Gasteiger partial charge >= 0.3 is 6.18 Å². The van der Waals surface area contributed by atoms with E-state index in [9.17, 15) is 13.2 Å². The summed E-state index contributed by atoms with van der Waals surface area (Å²) in [7, 11) is 0. The first kappa shape index (κ1) is 14.1. The first-order chi connectivity index (χ1) is 10.0. The molecule has 2 nitrogen and oxygen atoms in total. The van der Waals surface area contributed by atoms with Gasteiger partial charge in [-0.2, -0.15) is 13.2 Å². The molecule has 110 valence electrons. The van der Waals surface area contributed by atoms with Crippen LogP contribution < -0.4 is 5.32 Å². The van der Waals surface area contributed by atoms with Crippen molar-refractivity contribution in [2.24, 2.45) is 0 Å². The van der Waals surface area contributed by atoms with Crippen LogP contribution in [0.25, 0.3) is 0 Å². The van der Waals surface area contributed by atoms with Crippen molar-refractivity contribution in [2.75, 3.05) is 0 Å². The van der Waals surface area contributed by atoms with Gasteiger partial charge in [-0.05, 0) is 36.1 Å². The Morgan fingerprint density at radius 3 is 2.86 bits per heavy atom. The minimum absolute atomic E-state index is 0.121. The van der Waals surface area contributed by atoms with E-state index in [-0.39, 0.29) is 6.04 Å². The Balaban J connectivity index is 1.69. The second-order valence-corrected chi connectivity index (χ2v) is 5.22. The predicted octanol–water partition coefficient (Wildman–Crippen LogP) is 3.88. The Kier molecular flexibility index (Phi) is 3.68. The van der Waals surface area contributed by atoms with Gasteiger partial charge in [-0.25, -0.2) is 0 Å². The molecule has 0 bridgehead atoms. The zero-order valence-electron chi connectivity index (χ0n) is 11.3. The number of nitrogens with one attached hydrogen (secondary N) is 1. The highest BCUT2D eigenvalue weighted by molar-refractivity contribution is 5.29. The summed E-state index contributed by atoms with van der Waals surface area (Å²) in [5.74, 6) is 0. The van der Waals surface area contributed by atoms with E-state index < -0.39 is 11.7 Å². The zero-order valence-corrected chi connectivity index (χ0v) is 11.3. The lowest BCUT2D eigenvalue weighted by Gasteiger charge is -2.14. The molecule has 0 fully saturated rings. The van der Waals surface area contributed by atoms with Crippen molar-refractivity contribution in [3.05, 3.63) is 65.0 Å². The second kappa shape index (κ2) is 5.48. The summed E-state index contributed by atoms with van der Waals surface area (Å²) in [6, 6.07) is 9.52. The van der Waals surface area contributed by atoms with Crippen LogP contribution in [0.1, 0.15) is 34.8 Å². The molecule has 0 radical (unpaired) electrons. The lowest BCUT2D eigenvalue weighted by atomic mass is 10.1. The molecule has 5 heteroatoms. The molecule has 1 aromatic heterocycles. The fourth-order valence-corrected chi connectivity index (χ4v) is 2.71. The maximum absolute atomic E-state index is 12.7. The number of benzene rings is 1. The fourth-order valence-electron chi connectivity index (χ4n) is 2.71. The Morgan fingerprint density at radius 2 is 2.05 bits per heavy atom. The molecule has 0 amide bonds. The van der Waals surface area contributed by atoms with E-state index in [1.165, 1.54) is 17.7 Å². The van der Waals surface area contributed by atoms with Crippen molar-refractivity contribution < 1.29 is 13.2 Å². The molecule has 1 atom stereocenters. The van der Waals surface area contributed by atoms with Gasteiger partial charge in [0.05, 0.1) is 17.3 Å². The number of hydrogen-bond acceptors (Lipinski definition) is 2. The standard InChI is InChI=1S/C16H15F3N2/c17-16(18,19)13-5-1-3-11(9-13)10-21-14-7-6-12-4-2-8-20-15(12)14/h1-5,8-9,14,21H,6-7,10H2. The summed E-state index contributed by atoms with van der Waals surface area (Å²) < 4.78 is 38.0. The SMILES string of the molecule is FC(F)(F)c1cccc(CNC2CCc3cccnc32)c1. The molecule has 2 aromatic rings. The molecule has 0 aliphatic heterocycles. The van der Waals surface area contributed by atoms with Gasteiger partial charge in [-0.3, -0.25) is 4.98 Å². The van der Waals surface area contributed by atoms with Crippen LogP contribution in [-0.4, -0.2) is 4.98 Å². The summed E-state index contributed by atoms with van der Waals surface area (Å²) in [6.45, 7) is 0.407. The maximum Gasteiger partial charge on any atom is 0.416 e. The zero-order chi connectivity index (χ0) is 14.9. The molecule has 1 N–H and O–H groups in total. The van der Waals surface area contributed by atoms with Crippen molar-refractivity contribution in [1.82, 2.24) is 10.3 Å². The van der Waals surface area contributed by atoms with E-state index in [2.05, 4.69) is 10.3 Å². The third kappa shape index (κ3) is 3.08. The molecule has 3 rings (SSSR count). The smallest absolute Gasteiger partial charge is 0.304 e. The number of fused-ring (bicyclic) bond motifs is 1. The topological polar surface area (TPSA) is 24.9 Å². The minimum atomic E-state index is -4.29. The highest BCUT2D eigenvalue weighted by Crippen LogP contribution is 2.31. The van der Waals surface area contributed by atoms with E-state index in [0.717, 1.165) is 24.6 Å². The van der Waals surface area contributed by atoms with E-state index in [0.29, 0.717) is 12.1 Å². The molecule has 1 aliphatic carbocycles. The van der Waals surface area contributed by atoms with E-state index in [1.807, 2.05) is 12.1 Å². The number of aryl methyl sites for hydroxylation is 1. The molecular weight excluding hydrogens is 277 g/mol. The molecule has 1 aromatic carbocycles. The first-order valence-electron chi connectivity index (χ1n) is 6.87. The number of hydrogen-bond donors (Lipinski definition) is 1. The number of pyridine rings is 1. The van der Waals surface area contributed by atoms with Gasteiger partial charge in [0.25, 0.3) is 0 Å². The van der Waals surface area contributed by atoms with Gasteiger partial charge in [-0.1, -0.05) is 24.3 Å². The molecule has 0 saturated carbocycles. The van der Waals surface area contributed by atoms with Crippen molar-refractivity contribution in [2.45, 2.75) is 31.6 Å². The van der Waals surface area contributed by atoms with Crippen LogP contribution >= 0.6 is 0 Å². The van der Waals surface area contributed by atoms with Crippen LogP contribution in [0.2, 0.25) is 0 Å². The Bertz CT molecular complexity index is 637. The van der Waals surface area contributed by atoms with Crippen LogP contribution in [-0.2, 0) is 19.1 Å². The minimum Gasteiger partial charge on any atom is -0.304 e. The molecule has 0 saturated heterocycles. The fraction of sp³-hybridized carbons (Fsp3) is 0.312. The van der Waals surface area contributed by atoms with Gasteiger partial charge in [0.15, 0.2) is 0 Å². The summed E-state index contributed by atoms with van der Waals surface area (Å²) in [6.07, 6.45) is -0.643. The average molecular weight is 292 g/mol. The van der Waals surface area contributed by atoms with Gasteiger partial charge in [-0.15, -0.1) is 0 Å². The van der Waals surface area contributed by atoms with E-state index in [4.69, 9.17) is 0 Å². The Labute approximate surface area is 121 Å². The molecule has 0 spiro atoms. The van der Waals surface area contributed by atoms with Crippen LogP contribution in [0, 0.1) is 0 Å².